The van der Waals surface area contributed by atoms with Gasteiger partial charge >= 0.3 is 11.9 Å². The van der Waals surface area contributed by atoms with Gasteiger partial charge in [0, 0.05) is 5.69 Å². The Morgan fingerprint density at radius 3 is 2.24 bits per heavy atom. The highest BCUT2D eigenvalue weighted by molar-refractivity contribution is 5.98. The van der Waals surface area contributed by atoms with E-state index in [9.17, 15) is 9.59 Å². The van der Waals surface area contributed by atoms with Crippen LogP contribution in [0.5, 0.6) is 5.75 Å². The number of carbonyl (C=O) groups excluding carboxylic acids is 2. The molecule has 0 spiro atoms. The number of rotatable bonds is 6. The lowest BCUT2D eigenvalue weighted by molar-refractivity contribution is 0.0443. The fraction of sp³-hybridized carbons (Fsp3) is 0.368. The number of aromatic nitrogens is 1. The van der Waals surface area contributed by atoms with Gasteiger partial charge in [-0.15, -0.1) is 0 Å². The van der Waals surface area contributed by atoms with Crippen molar-refractivity contribution in [3.8, 4) is 5.75 Å². The van der Waals surface area contributed by atoms with Crippen molar-refractivity contribution in [2.24, 2.45) is 0 Å². The first kappa shape index (κ1) is 18.6. The van der Waals surface area contributed by atoms with Gasteiger partial charge in [-0.25, -0.2) is 9.59 Å². The van der Waals surface area contributed by atoms with Gasteiger partial charge < -0.3 is 19.2 Å². The number of aryl methyl sites for hydroxylation is 3. The van der Waals surface area contributed by atoms with E-state index in [0.717, 1.165) is 16.9 Å². The van der Waals surface area contributed by atoms with Gasteiger partial charge in [0.2, 0.25) is 0 Å². The molecule has 6 heteroatoms. The summed E-state index contributed by atoms with van der Waals surface area (Å²) in [6, 6.07) is 5.90. The van der Waals surface area contributed by atoms with Crippen LogP contribution in [-0.2, 0) is 9.47 Å². The van der Waals surface area contributed by atoms with E-state index in [2.05, 4.69) is 4.98 Å². The minimum Gasteiger partial charge on any atom is -0.489 e. The number of nitrogens with one attached hydrogen (secondary N) is 1. The summed E-state index contributed by atoms with van der Waals surface area (Å²) < 4.78 is 15.7. The Hall–Kier alpha value is -2.76. The molecule has 6 nitrogen and oxygen atoms in total. The molecule has 1 aromatic heterocycles. The molecule has 134 valence electrons. The highest BCUT2D eigenvalue weighted by atomic mass is 16.6. The lowest BCUT2D eigenvalue weighted by Crippen LogP contribution is -2.14. The summed E-state index contributed by atoms with van der Waals surface area (Å²) in [6.45, 7) is 7.68. The Balaban J connectivity index is 1.96. The summed E-state index contributed by atoms with van der Waals surface area (Å²) in [6.07, 6.45) is 0. The number of hydrogen-bond acceptors (Lipinski definition) is 5. The molecule has 0 unspecified atom stereocenters. The van der Waals surface area contributed by atoms with Crippen LogP contribution in [-0.4, -0.2) is 37.2 Å². The molecular formula is C19H23NO5. The van der Waals surface area contributed by atoms with E-state index in [4.69, 9.17) is 14.2 Å². The number of ether oxygens (including phenoxy) is 3. The van der Waals surface area contributed by atoms with Crippen molar-refractivity contribution in [2.45, 2.75) is 27.7 Å². The van der Waals surface area contributed by atoms with E-state index in [1.165, 1.54) is 7.11 Å². The van der Waals surface area contributed by atoms with Gasteiger partial charge in [-0.1, -0.05) is 18.2 Å². The van der Waals surface area contributed by atoms with Crippen molar-refractivity contribution in [2.75, 3.05) is 20.3 Å². The van der Waals surface area contributed by atoms with Crippen LogP contribution in [0.4, 0.5) is 0 Å². The fourth-order valence-corrected chi connectivity index (χ4v) is 2.74. The average Bonchev–Trinajstić information content (AvgIpc) is 2.87. The molecule has 1 heterocycles. The lowest BCUT2D eigenvalue weighted by atomic mass is 10.1. The maximum Gasteiger partial charge on any atom is 0.355 e. The van der Waals surface area contributed by atoms with Gasteiger partial charge in [0.1, 0.15) is 24.7 Å². The SMILES string of the molecule is COC(=O)c1c(C)[nH]c(C(=O)OCCOc2c(C)cccc2C)c1C. The normalized spacial score (nSPS) is 10.4. The second-order valence-corrected chi connectivity index (χ2v) is 5.82. The van der Waals surface area contributed by atoms with Crippen LogP contribution >= 0.6 is 0 Å². The molecule has 25 heavy (non-hydrogen) atoms. The molecule has 0 fully saturated rings. The Bertz CT molecular complexity index is 771. The largest absolute Gasteiger partial charge is 0.489 e. The third-order valence-electron chi connectivity index (χ3n) is 4.00. The fourth-order valence-electron chi connectivity index (χ4n) is 2.74. The summed E-state index contributed by atoms with van der Waals surface area (Å²) in [5, 5.41) is 0. The summed E-state index contributed by atoms with van der Waals surface area (Å²) in [5.74, 6) is -0.206. The van der Waals surface area contributed by atoms with Crippen molar-refractivity contribution < 1.29 is 23.8 Å². The van der Waals surface area contributed by atoms with Crippen LogP contribution in [0.25, 0.3) is 0 Å². The topological polar surface area (TPSA) is 77.6 Å². The van der Waals surface area contributed by atoms with E-state index in [1.54, 1.807) is 13.8 Å². The van der Waals surface area contributed by atoms with E-state index < -0.39 is 11.9 Å². The van der Waals surface area contributed by atoms with Gasteiger partial charge in [0.05, 0.1) is 12.7 Å². The molecule has 0 aliphatic carbocycles. The maximum atomic E-state index is 12.2. The van der Waals surface area contributed by atoms with Crippen LogP contribution in [0.1, 0.15) is 43.2 Å². The quantitative estimate of drug-likeness (QED) is 0.642. The predicted octanol–water partition coefficient (Wildman–Crippen LogP) is 3.27. The molecular weight excluding hydrogens is 322 g/mol. The van der Waals surface area contributed by atoms with E-state index in [-0.39, 0.29) is 18.9 Å². The molecule has 0 aliphatic heterocycles. The third-order valence-corrected chi connectivity index (χ3v) is 4.00. The first-order valence-corrected chi connectivity index (χ1v) is 8.00. The summed E-state index contributed by atoms with van der Waals surface area (Å²) in [4.78, 5) is 26.9. The molecule has 1 N–H and O–H groups in total. The average molecular weight is 345 g/mol. The van der Waals surface area contributed by atoms with Crippen molar-refractivity contribution in [1.29, 1.82) is 0 Å². The number of esters is 2. The Labute approximate surface area is 147 Å². The monoisotopic (exact) mass is 345 g/mol. The molecule has 0 atom stereocenters. The van der Waals surface area contributed by atoms with Crippen molar-refractivity contribution in [3.63, 3.8) is 0 Å². The molecule has 2 rings (SSSR count). The molecule has 0 radical (unpaired) electrons. The molecule has 0 saturated carbocycles. The van der Waals surface area contributed by atoms with Crippen molar-refractivity contribution in [3.05, 3.63) is 51.8 Å². The highest BCUT2D eigenvalue weighted by Gasteiger charge is 2.23. The Kier molecular flexibility index (Phi) is 5.85. The second-order valence-electron chi connectivity index (χ2n) is 5.82. The van der Waals surface area contributed by atoms with Gasteiger partial charge in [0.15, 0.2) is 0 Å². The van der Waals surface area contributed by atoms with Gasteiger partial charge in [-0.2, -0.15) is 0 Å². The van der Waals surface area contributed by atoms with Gasteiger partial charge in [-0.3, -0.25) is 0 Å². The highest BCUT2D eigenvalue weighted by Crippen LogP contribution is 2.22. The smallest absolute Gasteiger partial charge is 0.355 e. The zero-order valence-corrected chi connectivity index (χ0v) is 15.2. The molecule has 0 amide bonds. The summed E-state index contributed by atoms with van der Waals surface area (Å²) >= 11 is 0. The molecule has 0 saturated heterocycles. The zero-order chi connectivity index (χ0) is 18.6. The summed E-state index contributed by atoms with van der Waals surface area (Å²) in [5.41, 5.74) is 3.77. The van der Waals surface area contributed by atoms with E-state index in [0.29, 0.717) is 16.8 Å². The number of carbonyl (C=O) groups is 2. The first-order valence-electron chi connectivity index (χ1n) is 8.00. The predicted molar refractivity (Wildman–Crippen MR) is 93.3 cm³/mol. The standard InChI is InChI=1S/C19H23NO5/c1-11-7-6-8-12(2)17(11)24-9-10-25-19(22)16-13(3)15(14(4)20-16)18(21)23-5/h6-8,20H,9-10H2,1-5H3. The van der Waals surface area contributed by atoms with E-state index >= 15 is 0 Å². The second kappa shape index (κ2) is 7.88. The van der Waals surface area contributed by atoms with E-state index in [1.807, 2.05) is 32.0 Å². The minimum absolute atomic E-state index is 0.109. The van der Waals surface area contributed by atoms with Crippen LogP contribution in [0, 0.1) is 27.7 Å². The molecule has 1 aromatic carbocycles. The van der Waals surface area contributed by atoms with Crippen molar-refractivity contribution >= 4 is 11.9 Å². The molecule has 0 aliphatic rings. The zero-order valence-electron chi connectivity index (χ0n) is 15.2. The number of aromatic amines is 1. The van der Waals surface area contributed by atoms with Gasteiger partial charge in [0.25, 0.3) is 0 Å². The molecule has 0 bridgehead atoms. The minimum atomic E-state index is -0.527. The Morgan fingerprint density at radius 2 is 1.64 bits per heavy atom. The van der Waals surface area contributed by atoms with Crippen molar-refractivity contribution in [1.82, 2.24) is 4.98 Å². The molecule has 2 aromatic rings. The number of benzene rings is 1. The van der Waals surface area contributed by atoms with Crippen LogP contribution in [0.3, 0.4) is 0 Å². The number of hydrogen-bond donors (Lipinski definition) is 1. The lowest BCUT2D eigenvalue weighted by Gasteiger charge is -2.12. The van der Waals surface area contributed by atoms with Crippen LogP contribution in [0.2, 0.25) is 0 Å². The van der Waals surface area contributed by atoms with Crippen LogP contribution in [0.15, 0.2) is 18.2 Å². The summed E-state index contributed by atoms with van der Waals surface area (Å²) in [7, 11) is 1.30. The number of H-pyrrole nitrogens is 1. The van der Waals surface area contributed by atoms with Crippen LogP contribution < -0.4 is 4.74 Å². The number of methoxy groups -OCH3 is 1. The maximum absolute atomic E-state index is 12.2. The first-order chi connectivity index (χ1) is 11.9. The third kappa shape index (κ3) is 4.02. The van der Waals surface area contributed by atoms with Gasteiger partial charge in [-0.05, 0) is 44.4 Å². The Morgan fingerprint density at radius 1 is 1.00 bits per heavy atom. The number of para-hydroxylation sites is 1.